The van der Waals surface area contributed by atoms with Gasteiger partial charge in [-0.05, 0) is 96.9 Å². The summed E-state index contributed by atoms with van der Waals surface area (Å²) in [6.45, 7) is 0. The third-order valence-corrected chi connectivity index (χ3v) is 10.7. The minimum atomic E-state index is 0.880. The molecular weight excluding hydrogens is 633 g/mol. The Morgan fingerprint density at radius 3 is 1.48 bits per heavy atom. The Morgan fingerprint density at radius 2 is 0.769 bits per heavy atom. The number of hydrogen-bond acceptors (Lipinski definition) is 2. The van der Waals surface area contributed by atoms with Crippen LogP contribution in [-0.4, -0.2) is 0 Å². The average Bonchev–Trinajstić information content (AvgIpc) is 3.79. The number of fused-ring (bicyclic) bond motifs is 8. The molecular formula is C50H30O2. The van der Waals surface area contributed by atoms with Crippen molar-refractivity contribution >= 4 is 65.4 Å². The van der Waals surface area contributed by atoms with Crippen LogP contribution in [0, 0.1) is 0 Å². The van der Waals surface area contributed by atoms with E-state index in [-0.39, 0.29) is 0 Å². The van der Waals surface area contributed by atoms with Gasteiger partial charge in [0, 0.05) is 27.1 Å². The zero-order chi connectivity index (χ0) is 34.2. The Bertz CT molecular complexity index is 3120. The van der Waals surface area contributed by atoms with E-state index in [0.717, 1.165) is 66.1 Å². The van der Waals surface area contributed by atoms with Gasteiger partial charge in [-0.3, -0.25) is 0 Å². The zero-order valence-electron chi connectivity index (χ0n) is 28.1. The molecule has 2 heteroatoms. The minimum Gasteiger partial charge on any atom is -0.456 e. The van der Waals surface area contributed by atoms with Crippen molar-refractivity contribution < 1.29 is 8.83 Å². The molecule has 0 aliphatic rings. The maximum Gasteiger partial charge on any atom is 0.143 e. The predicted molar refractivity (Wildman–Crippen MR) is 218 cm³/mol. The number of benzene rings is 9. The van der Waals surface area contributed by atoms with Crippen LogP contribution in [0.25, 0.3) is 110 Å². The van der Waals surface area contributed by atoms with E-state index in [9.17, 15) is 0 Å². The normalized spacial score (nSPS) is 11.8. The fraction of sp³-hybridized carbons (Fsp3) is 0. The fourth-order valence-electron chi connectivity index (χ4n) is 8.39. The highest BCUT2D eigenvalue weighted by Gasteiger charge is 2.20. The molecule has 0 spiro atoms. The first kappa shape index (κ1) is 28.9. The van der Waals surface area contributed by atoms with Gasteiger partial charge in [0.2, 0.25) is 0 Å². The van der Waals surface area contributed by atoms with Crippen LogP contribution in [0.4, 0.5) is 0 Å². The van der Waals surface area contributed by atoms with Crippen LogP contribution in [0.1, 0.15) is 0 Å². The van der Waals surface area contributed by atoms with E-state index < -0.39 is 0 Å². The van der Waals surface area contributed by atoms with Gasteiger partial charge in [0.25, 0.3) is 0 Å². The Balaban J connectivity index is 1.14. The van der Waals surface area contributed by atoms with Crippen LogP contribution >= 0.6 is 0 Å². The van der Waals surface area contributed by atoms with E-state index in [2.05, 4.69) is 164 Å². The predicted octanol–water partition coefficient (Wildman–Crippen LogP) is 14.5. The maximum absolute atomic E-state index is 6.74. The van der Waals surface area contributed by atoms with Crippen molar-refractivity contribution in [1.29, 1.82) is 0 Å². The molecule has 0 bridgehead atoms. The molecule has 2 nitrogen and oxygen atoms in total. The van der Waals surface area contributed by atoms with Crippen molar-refractivity contribution in [2.45, 2.75) is 0 Å². The summed E-state index contributed by atoms with van der Waals surface area (Å²) in [6.07, 6.45) is 0. The van der Waals surface area contributed by atoms with Gasteiger partial charge in [-0.15, -0.1) is 0 Å². The van der Waals surface area contributed by atoms with Gasteiger partial charge in [0.1, 0.15) is 22.3 Å². The molecule has 52 heavy (non-hydrogen) atoms. The molecule has 0 amide bonds. The highest BCUT2D eigenvalue weighted by Crippen LogP contribution is 2.46. The molecule has 9 aromatic carbocycles. The minimum absolute atomic E-state index is 0.880. The Labute approximate surface area is 299 Å². The lowest BCUT2D eigenvalue weighted by Crippen LogP contribution is -1.91. The van der Waals surface area contributed by atoms with Crippen molar-refractivity contribution in [2.24, 2.45) is 0 Å². The molecule has 2 aromatic heterocycles. The summed E-state index contributed by atoms with van der Waals surface area (Å²) < 4.78 is 12.9. The fourth-order valence-corrected chi connectivity index (χ4v) is 8.39. The van der Waals surface area contributed by atoms with Crippen LogP contribution < -0.4 is 0 Å². The monoisotopic (exact) mass is 662 g/mol. The molecule has 0 saturated heterocycles. The van der Waals surface area contributed by atoms with E-state index in [1.807, 2.05) is 18.2 Å². The summed E-state index contributed by atoms with van der Waals surface area (Å²) >= 11 is 0. The molecule has 11 rings (SSSR count). The Hall–Kier alpha value is -6.90. The molecule has 0 radical (unpaired) electrons. The first-order valence-corrected chi connectivity index (χ1v) is 17.8. The van der Waals surface area contributed by atoms with Crippen LogP contribution in [0.15, 0.2) is 191 Å². The second kappa shape index (κ2) is 11.3. The topological polar surface area (TPSA) is 26.3 Å². The molecule has 0 atom stereocenters. The summed E-state index contributed by atoms with van der Waals surface area (Å²) in [6, 6.07) is 65.0. The van der Waals surface area contributed by atoms with Crippen molar-refractivity contribution in [3.05, 3.63) is 182 Å². The van der Waals surface area contributed by atoms with Crippen LogP contribution in [0.3, 0.4) is 0 Å². The second-order valence-corrected chi connectivity index (χ2v) is 13.6. The molecule has 11 aromatic rings. The molecule has 0 N–H and O–H groups in total. The second-order valence-electron chi connectivity index (χ2n) is 13.6. The Morgan fingerprint density at radius 1 is 0.269 bits per heavy atom. The average molecular weight is 663 g/mol. The van der Waals surface area contributed by atoms with Gasteiger partial charge >= 0.3 is 0 Å². The lowest BCUT2D eigenvalue weighted by atomic mass is 9.85. The molecule has 0 fully saturated rings. The van der Waals surface area contributed by atoms with Crippen molar-refractivity contribution in [2.75, 3.05) is 0 Å². The first-order valence-electron chi connectivity index (χ1n) is 17.8. The van der Waals surface area contributed by atoms with Gasteiger partial charge in [-0.25, -0.2) is 0 Å². The molecule has 2 heterocycles. The zero-order valence-corrected chi connectivity index (χ0v) is 28.1. The first-order chi connectivity index (χ1) is 25.8. The van der Waals surface area contributed by atoms with Crippen molar-refractivity contribution in [3.63, 3.8) is 0 Å². The maximum atomic E-state index is 6.74. The summed E-state index contributed by atoms with van der Waals surface area (Å²) in [4.78, 5) is 0. The van der Waals surface area contributed by atoms with E-state index in [1.165, 1.54) is 43.8 Å². The number of hydrogen-bond donors (Lipinski definition) is 0. The molecule has 0 unspecified atom stereocenters. The van der Waals surface area contributed by atoms with E-state index in [4.69, 9.17) is 8.83 Å². The van der Waals surface area contributed by atoms with Crippen molar-refractivity contribution in [1.82, 2.24) is 0 Å². The largest absolute Gasteiger partial charge is 0.456 e. The number of rotatable bonds is 4. The van der Waals surface area contributed by atoms with Crippen LogP contribution in [0.2, 0.25) is 0 Å². The summed E-state index contributed by atoms with van der Waals surface area (Å²) in [5.41, 5.74) is 12.9. The lowest BCUT2D eigenvalue weighted by molar-refractivity contribution is 0.668. The van der Waals surface area contributed by atoms with Crippen molar-refractivity contribution in [3.8, 4) is 44.5 Å². The smallest absolute Gasteiger partial charge is 0.143 e. The lowest BCUT2D eigenvalue weighted by Gasteiger charge is -2.18. The highest BCUT2D eigenvalue weighted by molar-refractivity contribution is 6.22. The number of para-hydroxylation sites is 2. The summed E-state index contributed by atoms with van der Waals surface area (Å²) in [5.74, 6) is 0. The summed E-state index contributed by atoms with van der Waals surface area (Å²) in [7, 11) is 0. The van der Waals surface area contributed by atoms with E-state index in [1.54, 1.807) is 0 Å². The molecule has 0 aliphatic heterocycles. The molecule has 0 aliphatic carbocycles. The van der Waals surface area contributed by atoms with Gasteiger partial charge < -0.3 is 8.83 Å². The van der Waals surface area contributed by atoms with Gasteiger partial charge in [0.05, 0.1) is 0 Å². The van der Waals surface area contributed by atoms with E-state index in [0.29, 0.717) is 0 Å². The number of furan rings is 2. The Kier molecular flexibility index (Phi) is 6.28. The van der Waals surface area contributed by atoms with Gasteiger partial charge in [-0.2, -0.15) is 0 Å². The van der Waals surface area contributed by atoms with E-state index >= 15 is 0 Å². The van der Waals surface area contributed by atoms with Crippen LogP contribution in [-0.2, 0) is 0 Å². The quantitative estimate of drug-likeness (QED) is 0.175. The third kappa shape index (κ3) is 4.31. The van der Waals surface area contributed by atoms with Gasteiger partial charge in [0.15, 0.2) is 0 Å². The molecule has 0 saturated carbocycles. The summed E-state index contributed by atoms with van der Waals surface area (Å²) in [5, 5.41) is 9.44. The standard InChI is InChI=1S/C50H30O2/c1-2-13-31(14-3-1)47-38-18-4-6-20-40(38)48(41-21-7-5-19-39(41)47)34-16-12-15-32(29-34)35-26-27-36(50-49(35)42-22-9-11-24-45(42)52-50)33-25-28-46-43(30-33)37-17-8-10-23-44(37)51-46/h1-30H. The SMILES string of the molecule is c1ccc(-c2c3ccccc3c(-c3cccc(-c4ccc(-c5ccc6oc7ccccc7c6c5)c5oc6ccccc6c45)c3)c3ccccc23)cc1. The molecule has 242 valence electrons. The van der Waals surface area contributed by atoms with Gasteiger partial charge in [-0.1, -0.05) is 146 Å². The van der Waals surface area contributed by atoms with Crippen LogP contribution in [0.5, 0.6) is 0 Å². The highest BCUT2D eigenvalue weighted by atomic mass is 16.3. The third-order valence-electron chi connectivity index (χ3n) is 10.7.